The fourth-order valence-corrected chi connectivity index (χ4v) is 8.90. The van der Waals surface area contributed by atoms with Gasteiger partial charge in [0.05, 0.1) is 17.5 Å². The van der Waals surface area contributed by atoms with E-state index < -0.39 is 30.5 Å². The molecule has 14 heteroatoms. The second-order valence-corrected chi connectivity index (χ2v) is 13.8. The molecular formula is C25H39ClF3N5O4S. The zero-order valence-electron chi connectivity index (χ0n) is 22.2. The average Bonchev–Trinajstić information content (AvgIpc) is 3.57. The number of hydrogen-bond acceptors (Lipinski definition) is 8. The smallest absolute Gasteiger partial charge is 0.380 e. The van der Waals surface area contributed by atoms with Crippen LogP contribution in [0.15, 0.2) is 0 Å². The molecule has 9 nitrogen and oxygen atoms in total. The molecule has 5 fully saturated rings. The van der Waals surface area contributed by atoms with E-state index in [-0.39, 0.29) is 70.4 Å². The number of piperidine rings is 2. The van der Waals surface area contributed by atoms with Crippen molar-refractivity contribution in [3.05, 3.63) is 0 Å². The third-order valence-electron chi connectivity index (χ3n) is 9.41. The Labute approximate surface area is 236 Å². The van der Waals surface area contributed by atoms with E-state index in [1.54, 1.807) is 23.8 Å². The summed E-state index contributed by atoms with van der Waals surface area (Å²) in [6.07, 6.45) is -4.17. The van der Waals surface area contributed by atoms with E-state index >= 15 is 0 Å². The van der Waals surface area contributed by atoms with Crippen LogP contribution in [-0.4, -0.2) is 101 Å². The third-order valence-corrected chi connectivity index (χ3v) is 11.1. The molecule has 5 rings (SSSR count). The first kappa shape index (κ1) is 29.7. The first-order valence-electron chi connectivity index (χ1n) is 13.8. The summed E-state index contributed by atoms with van der Waals surface area (Å²) < 4.78 is 45.3. The Hall–Kier alpha value is -0.830. The van der Waals surface area contributed by atoms with Crippen molar-refractivity contribution >= 4 is 35.2 Å². The van der Waals surface area contributed by atoms with Crippen molar-refractivity contribution in [2.45, 2.75) is 85.2 Å². The van der Waals surface area contributed by atoms with Gasteiger partial charge in [-0.3, -0.25) is 20.2 Å². The van der Waals surface area contributed by atoms with E-state index in [2.05, 4.69) is 28.2 Å². The predicted molar refractivity (Wildman–Crippen MR) is 141 cm³/mol. The maximum absolute atomic E-state index is 13.5. The molecule has 5 N–H and O–H groups in total. The Morgan fingerprint density at radius 2 is 1.95 bits per heavy atom. The zero-order valence-corrected chi connectivity index (χ0v) is 23.7. The summed E-state index contributed by atoms with van der Waals surface area (Å²) in [5.41, 5.74) is -3.24. The Balaban J connectivity index is 1.15. The molecular weight excluding hydrogens is 559 g/mol. The summed E-state index contributed by atoms with van der Waals surface area (Å²) in [7, 11) is 1.70. The summed E-state index contributed by atoms with van der Waals surface area (Å²) in [6.45, 7) is 4.12. The number of likely N-dealkylation sites (tertiary alicyclic amines) is 1. The number of ether oxygens (including phenoxy) is 1. The fourth-order valence-electron chi connectivity index (χ4n) is 7.20. The minimum atomic E-state index is -4.73. The van der Waals surface area contributed by atoms with Crippen LogP contribution in [-0.2, 0) is 14.3 Å². The lowest BCUT2D eigenvalue weighted by molar-refractivity contribution is -0.258. The van der Waals surface area contributed by atoms with Gasteiger partial charge in [0.15, 0.2) is 5.60 Å². The maximum Gasteiger partial charge on any atom is 0.417 e. The Bertz CT molecular complexity index is 923. The Kier molecular flexibility index (Phi) is 8.71. The lowest BCUT2D eigenvalue weighted by atomic mass is 9.70. The summed E-state index contributed by atoms with van der Waals surface area (Å²) in [4.78, 5) is 28.1. The van der Waals surface area contributed by atoms with E-state index in [0.29, 0.717) is 26.2 Å². The molecule has 0 aromatic heterocycles. The Morgan fingerprint density at radius 1 is 1.18 bits per heavy atom. The molecule has 4 aliphatic heterocycles. The van der Waals surface area contributed by atoms with Gasteiger partial charge in [-0.1, -0.05) is 0 Å². The maximum atomic E-state index is 13.5. The lowest BCUT2D eigenvalue weighted by Gasteiger charge is -2.45. The minimum absolute atomic E-state index is 0.0144. The number of amides is 2. The molecule has 4 saturated heterocycles. The SMILES string of the molecule is COC1CNC(Cl)CC1C1CC(C)NCC1C(=O)NC1NC2CN(C(=O)[C@H]3CC[C@](O)(C(F)(F)F)C3)CC2S1. The molecule has 0 aromatic rings. The highest BCUT2D eigenvalue weighted by molar-refractivity contribution is 8.00. The number of aliphatic hydroxyl groups is 1. The second-order valence-electron chi connectivity index (χ2n) is 11.9. The van der Waals surface area contributed by atoms with E-state index in [1.807, 2.05) is 0 Å². The highest BCUT2D eigenvalue weighted by Crippen LogP contribution is 2.46. The number of nitrogens with one attached hydrogen (secondary N) is 4. The number of carbonyl (C=O) groups excluding carboxylic acids is 2. The van der Waals surface area contributed by atoms with Crippen LogP contribution in [0.2, 0.25) is 0 Å². The summed E-state index contributed by atoms with van der Waals surface area (Å²) in [6, 6.07) is 0.223. The third kappa shape index (κ3) is 6.05. The number of hydrogen-bond donors (Lipinski definition) is 5. The number of rotatable bonds is 5. The number of carbonyl (C=O) groups is 2. The van der Waals surface area contributed by atoms with Gasteiger partial charge in [0.2, 0.25) is 11.8 Å². The van der Waals surface area contributed by atoms with Gasteiger partial charge >= 0.3 is 6.18 Å². The minimum Gasteiger partial charge on any atom is -0.380 e. The molecule has 222 valence electrons. The van der Waals surface area contributed by atoms with Crippen molar-refractivity contribution in [1.29, 1.82) is 0 Å². The molecule has 9 unspecified atom stereocenters. The summed E-state index contributed by atoms with van der Waals surface area (Å²) >= 11 is 7.97. The Morgan fingerprint density at radius 3 is 2.62 bits per heavy atom. The first-order chi connectivity index (χ1) is 18.4. The van der Waals surface area contributed by atoms with Gasteiger partial charge in [0.1, 0.15) is 5.50 Å². The quantitative estimate of drug-likeness (QED) is 0.237. The zero-order chi connectivity index (χ0) is 28.1. The molecule has 5 aliphatic rings. The van der Waals surface area contributed by atoms with Gasteiger partial charge < -0.3 is 25.4 Å². The van der Waals surface area contributed by atoms with Crippen LogP contribution in [0.3, 0.4) is 0 Å². The second kappa shape index (κ2) is 11.4. The van der Waals surface area contributed by atoms with Crippen LogP contribution in [0.5, 0.6) is 0 Å². The van der Waals surface area contributed by atoms with E-state index in [4.69, 9.17) is 16.3 Å². The number of alkyl halides is 4. The normalized spacial score (nSPS) is 44.8. The van der Waals surface area contributed by atoms with Crippen LogP contribution < -0.4 is 21.3 Å². The molecule has 1 saturated carbocycles. The molecule has 0 aromatic carbocycles. The topological polar surface area (TPSA) is 115 Å². The number of thioether (sulfide) groups is 1. The molecule has 4 heterocycles. The lowest BCUT2D eigenvalue weighted by Crippen LogP contribution is -2.57. The van der Waals surface area contributed by atoms with Crippen LogP contribution in [0.25, 0.3) is 0 Å². The summed E-state index contributed by atoms with van der Waals surface area (Å²) in [5.74, 6) is -1.14. The van der Waals surface area contributed by atoms with Gasteiger partial charge in [0, 0.05) is 56.5 Å². The highest BCUT2D eigenvalue weighted by Gasteiger charge is 2.59. The van der Waals surface area contributed by atoms with Gasteiger partial charge in [0.25, 0.3) is 0 Å². The van der Waals surface area contributed by atoms with Crippen LogP contribution in [0.4, 0.5) is 13.2 Å². The molecule has 0 spiro atoms. The van der Waals surface area contributed by atoms with Crippen molar-refractivity contribution in [3.8, 4) is 0 Å². The standard InChI is InChI=1S/C25H39ClF3N5O4S/c1-12-5-14(15-6-20(26)31-9-18(15)38-2)16(8-30-12)21(35)33-23-32-17-10-34(11-19(17)39-23)22(36)13-3-4-24(37,7-13)25(27,28)29/h12-20,23,30-32,37H,3-11H2,1-2H3,(H,33,35)/t12?,13-,14?,15?,16?,17?,18?,19?,20?,23?,24+/m0/s1. The molecule has 39 heavy (non-hydrogen) atoms. The molecule has 0 radical (unpaired) electrons. The first-order valence-corrected chi connectivity index (χ1v) is 15.2. The summed E-state index contributed by atoms with van der Waals surface area (Å²) in [5, 5.41) is 23.2. The largest absolute Gasteiger partial charge is 0.417 e. The molecule has 1 aliphatic carbocycles. The van der Waals surface area contributed by atoms with Gasteiger partial charge in [-0.25, -0.2) is 0 Å². The van der Waals surface area contributed by atoms with E-state index in [9.17, 15) is 27.9 Å². The molecule has 2 amide bonds. The molecule has 11 atom stereocenters. The number of fused-ring (bicyclic) bond motifs is 1. The molecule has 0 bridgehead atoms. The van der Waals surface area contributed by atoms with Crippen molar-refractivity contribution in [3.63, 3.8) is 0 Å². The number of methoxy groups -OCH3 is 1. The number of halogens is 4. The van der Waals surface area contributed by atoms with Crippen molar-refractivity contribution in [2.75, 3.05) is 33.3 Å². The van der Waals surface area contributed by atoms with Gasteiger partial charge in [-0.05, 0) is 50.9 Å². The van der Waals surface area contributed by atoms with Gasteiger partial charge in [-0.15, -0.1) is 23.4 Å². The van der Waals surface area contributed by atoms with Gasteiger partial charge in [-0.2, -0.15) is 13.2 Å². The average molecular weight is 598 g/mol. The monoisotopic (exact) mass is 597 g/mol. The van der Waals surface area contributed by atoms with Crippen LogP contribution in [0, 0.1) is 23.7 Å². The van der Waals surface area contributed by atoms with Crippen LogP contribution >= 0.6 is 23.4 Å². The van der Waals surface area contributed by atoms with E-state index in [1.165, 1.54) is 0 Å². The van der Waals surface area contributed by atoms with Crippen molar-refractivity contribution < 1.29 is 32.6 Å². The highest BCUT2D eigenvalue weighted by atomic mass is 35.5. The van der Waals surface area contributed by atoms with Crippen molar-refractivity contribution in [1.82, 2.24) is 26.2 Å². The van der Waals surface area contributed by atoms with Crippen LogP contribution in [0.1, 0.15) is 39.0 Å². The van der Waals surface area contributed by atoms with E-state index in [0.717, 1.165) is 12.8 Å². The fraction of sp³-hybridized carbons (Fsp3) is 0.920. The van der Waals surface area contributed by atoms with Crippen molar-refractivity contribution in [2.24, 2.45) is 23.7 Å². The number of nitrogens with zero attached hydrogens (tertiary/aromatic N) is 1. The predicted octanol–water partition coefficient (Wildman–Crippen LogP) is 1.20.